The van der Waals surface area contributed by atoms with Gasteiger partial charge in [-0.1, -0.05) is 26.7 Å². The van der Waals surface area contributed by atoms with E-state index in [1.165, 1.54) is 12.8 Å². The zero-order chi connectivity index (χ0) is 15.3. The zero-order valence-corrected chi connectivity index (χ0v) is 13.5. The second-order valence-electron chi connectivity index (χ2n) is 5.93. The van der Waals surface area contributed by atoms with Crippen molar-refractivity contribution in [3.8, 4) is 0 Å². The highest BCUT2D eigenvalue weighted by Gasteiger charge is 2.33. The van der Waals surface area contributed by atoms with Crippen molar-refractivity contribution >= 4 is 11.7 Å². The molecular formula is C17H27N3O. The van der Waals surface area contributed by atoms with Gasteiger partial charge < -0.3 is 10.2 Å². The molecule has 1 N–H and O–H groups in total. The summed E-state index contributed by atoms with van der Waals surface area (Å²) in [5.41, 5.74) is 1.13. The number of carbonyl (C=O) groups is 1. The number of nitrogens with one attached hydrogen (secondary N) is 1. The van der Waals surface area contributed by atoms with Crippen molar-refractivity contribution in [3.05, 3.63) is 23.9 Å². The minimum atomic E-state index is 0.111. The SMILES string of the molecule is CCNc1ncccc1C(=O)N1CCC(CC)(CC)CC1. The highest BCUT2D eigenvalue weighted by molar-refractivity contribution is 5.98. The van der Waals surface area contributed by atoms with E-state index < -0.39 is 0 Å². The maximum Gasteiger partial charge on any atom is 0.257 e. The number of hydrogen-bond donors (Lipinski definition) is 1. The highest BCUT2D eigenvalue weighted by Crippen LogP contribution is 2.38. The van der Waals surface area contributed by atoms with Gasteiger partial charge >= 0.3 is 0 Å². The lowest BCUT2D eigenvalue weighted by Crippen LogP contribution is -2.43. The number of likely N-dealkylation sites (tertiary alicyclic amines) is 1. The first-order chi connectivity index (χ1) is 10.2. The first-order valence-electron chi connectivity index (χ1n) is 8.14. The number of aromatic nitrogens is 1. The number of piperidine rings is 1. The molecule has 0 aliphatic carbocycles. The highest BCUT2D eigenvalue weighted by atomic mass is 16.2. The fraction of sp³-hybridized carbons (Fsp3) is 0.647. The maximum atomic E-state index is 12.7. The lowest BCUT2D eigenvalue weighted by atomic mass is 9.74. The molecular weight excluding hydrogens is 262 g/mol. The largest absolute Gasteiger partial charge is 0.370 e. The topological polar surface area (TPSA) is 45.2 Å². The smallest absolute Gasteiger partial charge is 0.257 e. The van der Waals surface area contributed by atoms with Crippen LogP contribution in [0.3, 0.4) is 0 Å². The molecule has 116 valence electrons. The predicted octanol–water partition coefficient (Wildman–Crippen LogP) is 3.56. The molecule has 1 saturated heterocycles. The van der Waals surface area contributed by atoms with Gasteiger partial charge in [-0.05, 0) is 37.3 Å². The lowest BCUT2D eigenvalue weighted by Gasteiger charge is -2.41. The summed E-state index contributed by atoms with van der Waals surface area (Å²) in [6.45, 7) is 9.05. The molecule has 4 nitrogen and oxygen atoms in total. The Morgan fingerprint density at radius 3 is 2.52 bits per heavy atom. The molecule has 21 heavy (non-hydrogen) atoms. The van der Waals surface area contributed by atoms with Crippen molar-refractivity contribution in [2.45, 2.75) is 46.5 Å². The summed E-state index contributed by atoms with van der Waals surface area (Å²) in [5, 5.41) is 3.18. The van der Waals surface area contributed by atoms with Crippen molar-refractivity contribution in [3.63, 3.8) is 0 Å². The Bertz CT molecular complexity index is 473. The summed E-state index contributed by atoms with van der Waals surface area (Å²) in [6.07, 6.45) is 6.37. The van der Waals surface area contributed by atoms with Gasteiger partial charge in [-0.15, -0.1) is 0 Å². The molecule has 1 amide bonds. The summed E-state index contributed by atoms with van der Waals surface area (Å²) in [7, 11) is 0. The van der Waals surface area contributed by atoms with Gasteiger partial charge in [0.15, 0.2) is 0 Å². The Hall–Kier alpha value is -1.58. The minimum Gasteiger partial charge on any atom is -0.370 e. The van der Waals surface area contributed by atoms with Gasteiger partial charge in [0.05, 0.1) is 5.56 Å². The number of pyridine rings is 1. The third-order valence-electron chi connectivity index (χ3n) is 4.99. The van der Waals surface area contributed by atoms with Crippen LogP contribution in [0.2, 0.25) is 0 Å². The van der Waals surface area contributed by atoms with Crippen LogP contribution in [0.5, 0.6) is 0 Å². The van der Waals surface area contributed by atoms with Crippen LogP contribution in [-0.4, -0.2) is 35.4 Å². The molecule has 0 unspecified atom stereocenters. The van der Waals surface area contributed by atoms with E-state index in [0.717, 1.165) is 32.5 Å². The van der Waals surface area contributed by atoms with E-state index in [-0.39, 0.29) is 5.91 Å². The van der Waals surface area contributed by atoms with Crippen LogP contribution < -0.4 is 5.32 Å². The van der Waals surface area contributed by atoms with E-state index in [1.807, 2.05) is 24.0 Å². The average molecular weight is 289 g/mol. The Kier molecular flexibility index (Phi) is 5.21. The number of nitrogens with zero attached hydrogens (tertiary/aromatic N) is 2. The second-order valence-corrected chi connectivity index (χ2v) is 5.93. The van der Waals surface area contributed by atoms with Crippen LogP contribution in [-0.2, 0) is 0 Å². The Morgan fingerprint density at radius 1 is 1.29 bits per heavy atom. The van der Waals surface area contributed by atoms with E-state index in [0.29, 0.717) is 16.8 Å². The first-order valence-corrected chi connectivity index (χ1v) is 8.14. The third kappa shape index (κ3) is 3.36. The van der Waals surface area contributed by atoms with E-state index >= 15 is 0 Å². The van der Waals surface area contributed by atoms with Crippen molar-refractivity contribution in [2.75, 3.05) is 25.0 Å². The van der Waals surface area contributed by atoms with E-state index in [2.05, 4.69) is 24.1 Å². The van der Waals surface area contributed by atoms with Crippen LogP contribution in [0.4, 0.5) is 5.82 Å². The van der Waals surface area contributed by atoms with Crippen LogP contribution in [0.15, 0.2) is 18.3 Å². The minimum absolute atomic E-state index is 0.111. The molecule has 1 fully saturated rings. The Labute approximate surface area is 127 Å². The number of carbonyl (C=O) groups excluding carboxylic acids is 1. The summed E-state index contributed by atoms with van der Waals surface area (Å²) >= 11 is 0. The van der Waals surface area contributed by atoms with E-state index in [1.54, 1.807) is 6.20 Å². The van der Waals surface area contributed by atoms with Crippen LogP contribution >= 0.6 is 0 Å². The normalized spacial score (nSPS) is 17.6. The molecule has 0 atom stereocenters. The Morgan fingerprint density at radius 2 is 1.95 bits per heavy atom. The quantitative estimate of drug-likeness (QED) is 0.901. The zero-order valence-electron chi connectivity index (χ0n) is 13.5. The maximum absolute atomic E-state index is 12.7. The van der Waals surface area contributed by atoms with Gasteiger partial charge in [-0.25, -0.2) is 4.98 Å². The van der Waals surface area contributed by atoms with Gasteiger partial charge in [-0.2, -0.15) is 0 Å². The van der Waals surface area contributed by atoms with Crippen LogP contribution in [0, 0.1) is 5.41 Å². The molecule has 1 aromatic heterocycles. The number of rotatable bonds is 5. The molecule has 0 saturated carbocycles. The third-order valence-corrected chi connectivity index (χ3v) is 4.99. The first kappa shape index (κ1) is 15.8. The van der Waals surface area contributed by atoms with E-state index in [4.69, 9.17) is 0 Å². The molecule has 2 rings (SSSR count). The van der Waals surface area contributed by atoms with Gasteiger partial charge in [0.1, 0.15) is 5.82 Å². The summed E-state index contributed by atoms with van der Waals surface area (Å²) in [6, 6.07) is 3.70. The van der Waals surface area contributed by atoms with Crippen LogP contribution in [0.1, 0.15) is 56.8 Å². The van der Waals surface area contributed by atoms with Crippen molar-refractivity contribution in [1.82, 2.24) is 9.88 Å². The lowest BCUT2D eigenvalue weighted by molar-refractivity contribution is 0.0558. The van der Waals surface area contributed by atoms with Crippen molar-refractivity contribution in [2.24, 2.45) is 5.41 Å². The fourth-order valence-electron chi connectivity index (χ4n) is 3.20. The molecule has 1 aliphatic heterocycles. The summed E-state index contributed by atoms with van der Waals surface area (Å²) in [5.74, 6) is 0.813. The second kappa shape index (κ2) is 6.92. The van der Waals surface area contributed by atoms with Gasteiger partial charge in [-0.3, -0.25) is 4.79 Å². The molecule has 0 bridgehead atoms. The van der Waals surface area contributed by atoms with Gasteiger partial charge in [0, 0.05) is 25.8 Å². The molecule has 2 heterocycles. The van der Waals surface area contributed by atoms with Gasteiger partial charge in [0.25, 0.3) is 5.91 Å². The molecule has 1 aliphatic rings. The molecule has 4 heteroatoms. The molecule has 0 spiro atoms. The predicted molar refractivity (Wildman–Crippen MR) is 86.6 cm³/mol. The van der Waals surface area contributed by atoms with Crippen molar-refractivity contribution in [1.29, 1.82) is 0 Å². The van der Waals surface area contributed by atoms with Gasteiger partial charge in [0.2, 0.25) is 0 Å². The fourth-order valence-corrected chi connectivity index (χ4v) is 3.20. The van der Waals surface area contributed by atoms with Crippen LogP contribution in [0.25, 0.3) is 0 Å². The molecule has 0 radical (unpaired) electrons. The monoisotopic (exact) mass is 289 g/mol. The van der Waals surface area contributed by atoms with Crippen molar-refractivity contribution < 1.29 is 4.79 Å². The summed E-state index contributed by atoms with van der Waals surface area (Å²) in [4.78, 5) is 19.0. The standard InChI is InChI=1S/C17H27N3O/c1-4-17(5-2)9-12-20(13-10-17)16(21)14-8-7-11-19-15(14)18-6-3/h7-8,11H,4-6,9-10,12-13H2,1-3H3,(H,18,19). The molecule has 0 aromatic carbocycles. The number of hydrogen-bond acceptors (Lipinski definition) is 3. The number of amides is 1. The average Bonchev–Trinajstić information content (AvgIpc) is 2.55. The Balaban J connectivity index is 2.09. The number of anilines is 1. The van der Waals surface area contributed by atoms with E-state index in [9.17, 15) is 4.79 Å². The summed E-state index contributed by atoms with van der Waals surface area (Å²) < 4.78 is 0. The molecule has 1 aromatic rings.